The first-order chi connectivity index (χ1) is 22.4. The summed E-state index contributed by atoms with van der Waals surface area (Å²) in [6.07, 6.45) is 1.44. The second kappa shape index (κ2) is 16.3. The molecule has 0 bridgehead atoms. The van der Waals surface area contributed by atoms with Crippen LogP contribution in [0.25, 0.3) is 0 Å². The van der Waals surface area contributed by atoms with Crippen LogP contribution >= 0.6 is 23.2 Å². The number of nitrogens with one attached hydrogen (secondary N) is 1. The van der Waals surface area contributed by atoms with E-state index < -0.39 is 28.5 Å². The molecule has 248 valence electrons. The van der Waals surface area contributed by atoms with Gasteiger partial charge in [-0.2, -0.15) is 0 Å². The molecular formula is C37H41Cl2N3O4S. The number of nitrogens with zero attached hydrogens (tertiary/aromatic N) is 2. The normalized spacial score (nSPS) is 12.6. The van der Waals surface area contributed by atoms with Gasteiger partial charge in [-0.15, -0.1) is 0 Å². The standard InChI is InChI=1S/C37H41Cl2N3O4S/c1-5-27(4)40-37(44)35(22-28-12-8-7-9-13-28)41(24-30-18-19-31(38)23-33(30)39)36(43)25-42(34-15-11-10-14-29(34)6-2)47(45,46)32-20-16-26(3)17-21-32/h7-21,23,27,35H,5-6,22,24-25H2,1-4H3,(H,40,44)/t27-,35+/m1/s1. The van der Waals surface area contributed by atoms with E-state index >= 15 is 0 Å². The zero-order chi connectivity index (χ0) is 34.1. The highest BCUT2D eigenvalue weighted by Gasteiger charge is 2.35. The molecule has 0 spiro atoms. The van der Waals surface area contributed by atoms with Gasteiger partial charge in [0, 0.05) is 29.1 Å². The van der Waals surface area contributed by atoms with Gasteiger partial charge < -0.3 is 10.2 Å². The average molecular weight is 695 g/mol. The minimum absolute atomic E-state index is 0.0475. The van der Waals surface area contributed by atoms with Gasteiger partial charge in [0.2, 0.25) is 11.8 Å². The largest absolute Gasteiger partial charge is 0.352 e. The predicted molar refractivity (Wildman–Crippen MR) is 190 cm³/mol. The van der Waals surface area contributed by atoms with Crippen LogP contribution in [0.1, 0.15) is 49.4 Å². The molecular weight excluding hydrogens is 653 g/mol. The van der Waals surface area contributed by atoms with Crippen molar-refractivity contribution in [3.63, 3.8) is 0 Å². The van der Waals surface area contributed by atoms with E-state index in [4.69, 9.17) is 23.2 Å². The number of amides is 2. The third-order valence-corrected chi connectivity index (χ3v) is 10.5. The first kappa shape index (κ1) is 36.0. The molecule has 0 saturated heterocycles. The van der Waals surface area contributed by atoms with Crippen molar-refractivity contribution < 1.29 is 18.0 Å². The summed E-state index contributed by atoms with van der Waals surface area (Å²) in [5.41, 5.74) is 3.48. The first-order valence-corrected chi connectivity index (χ1v) is 17.9. The van der Waals surface area contributed by atoms with E-state index in [1.807, 2.05) is 70.2 Å². The van der Waals surface area contributed by atoms with E-state index in [1.54, 1.807) is 54.6 Å². The van der Waals surface area contributed by atoms with Crippen LogP contribution in [0.2, 0.25) is 10.0 Å². The van der Waals surface area contributed by atoms with E-state index in [2.05, 4.69) is 5.32 Å². The van der Waals surface area contributed by atoms with Gasteiger partial charge in [-0.1, -0.05) is 109 Å². The number of carbonyl (C=O) groups excluding carboxylic acids is 2. The number of hydrogen-bond acceptors (Lipinski definition) is 4. The molecule has 0 aliphatic heterocycles. The number of rotatable bonds is 14. The van der Waals surface area contributed by atoms with Gasteiger partial charge in [-0.25, -0.2) is 8.42 Å². The quantitative estimate of drug-likeness (QED) is 0.147. The zero-order valence-corrected chi connectivity index (χ0v) is 29.4. The second-order valence-electron chi connectivity index (χ2n) is 11.6. The van der Waals surface area contributed by atoms with Gasteiger partial charge in [0.1, 0.15) is 12.6 Å². The lowest BCUT2D eigenvalue weighted by Gasteiger charge is -2.35. The van der Waals surface area contributed by atoms with Crippen molar-refractivity contribution in [1.29, 1.82) is 0 Å². The molecule has 4 aromatic carbocycles. The Balaban J connectivity index is 1.85. The Morgan fingerprint density at radius 3 is 2.15 bits per heavy atom. The smallest absolute Gasteiger partial charge is 0.264 e. The average Bonchev–Trinajstić information content (AvgIpc) is 3.06. The molecule has 0 heterocycles. The summed E-state index contributed by atoms with van der Waals surface area (Å²) >= 11 is 12.8. The van der Waals surface area contributed by atoms with Crippen molar-refractivity contribution >= 4 is 50.7 Å². The van der Waals surface area contributed by atoms with E-state index in [0.29, 0.717) is 34.1 Å². The lowest BCUT2D eigenvalue weighted by atomic mass is 10.0. The van der Waals surface area contributed by atoms with Gasteiger partial charge >= 0.3 is 0 Å². The Morgan fingerprint density at radius 2 is 1.51 bits per heavy atom. The molecule has 2 atom stereocenters. The number of hydrogen-bond donors (Lipinski definition) is 1. The Bertz CT molecular complexity index is 1780. The molecule has 4 aromatic rings. The van der Waals surface area contributed by atoms with Crippen LogP contribution in [0.5, 0.6) is 0 Å². The molecule has 10 heteroatoms. The molecule has 47 heavy (non-hydrogen) atoms. The summed E-state index contributed by atoms with van der Waals surface area (Å²) in [6.45, 7) is 7.08. The van der Waals surface area contributed by atoms with Crippen LogP contribution < -0.4 is 9.62 Å². The lowest BCUT2D eigenvalue weighted by molar-refractivity contribution is -0.140. The van der Waals surface area contributed by atoms with Crippen LogP contribution in [0.15, 0.2) is 102 Å². The third kappa shape index (κ3) is 9.15. The molecule has 1 N–H and O–H groups in total. The van der Waals surface area contributed by atoms with Crippen molar-refractivity contribution in [1.82, 2.24) is 10.2 Å². The Labute approximate surface area is 288 Å². The SMILES string of the molecule is CCc1ccccc1N(CC(=O)N(Cc1ccc(Cl)cc1Cl)[C@@H](Cc1ccccc1)C(=O)N[C@H](C)CC)S(=O)(=O)c1ccc(C)cc1. The van der Waals surface area contributed by atoms with Crippen molar-refractivity contribution in [2.24, 2.45) is 0 Å². The van der Waals surface area contributed by atoms with Crippen LogP contribution in [0.3, 0.4) is 0 Å². The number of benzene rings is 4. The van der Waals surface area contributed by atoms with Gasteiger partial charge in [-0.3, -0.25) is 13.9 Å². The van der Waals surface area contributed by atoms with Gasteiger partial charge in [0.15, 0.2) is 0 Å². The highest BCUT2D eigenvalue weighted by molar-refractivity contribution is 7.92. The fourth-order valence-corrected chi connectivity index (χ4v) is 7.15. The summed E-state index contributed by atoms with van der Waals surface area (Å²) < 4.78 is 29.8. The van der Waals surface area contributed by atoms with Crippen molar-refractivity contribution in [2.45, 2.75) is 70.5 Å². The number of halogens is 2. The number of anilines is 1. The van der Waals surface area contributed by atoms with Gasteiger partial charge in [0.05, 0.1) is 10.6 Å². The van der Waals surface area contributed by atoms with E-state index in [9.17, 15) is 18.0 Å². The third-order valence-electron chi connectivity index (χ3n) is 8.16. The second-order valence-corrected chi connectivity index (χ2v) is 14.3. The van der Waals surface area contributed by atoms with Crippen LogP contribution in [0.4, 0.5) is 5.69 Å². The summed E-state index contributed by atoms with van der Waals surface area (Å²) in [4.78, 5) is 30.2. The van der Waals surface area contributed by atoms with E-state index in [-0.39, 0.29) is 29.8 Å². The minimum Gasteiger partial charge on any atom is -0.352 e. The molecule has 4 rings (SSSR count). The Hall–Kier alpha value is -3.85. The Morgan fingerprint density at radius 1 is 0.851 bits per heavy atom. The van der Waals surface area contributed by atoms with E-state index in [0.717, 1.165) is 21.0 Å². The maximum absolute atomic E-state index is 14.7. The minimum atomic E-state index is -4.20. The number of sulfonamides is 1. The molecule has 0 fully saturated rings. The summed E-state index contributed by atoms with van der Waals surface area (Å²) in [7, 11) is -4.20. The van der Waals surface area contributed by atoms with Crippen LogP contribution in [-0.4, -0.2) is 43.8 Å². The van der Waals surface area contributed by atoms with Crippen molar-refractivity contribution in [2.75, 3.05) is 10.8 Å². The van der Waals surface area contributed by atoms with Crippen molar-refractivity contribution in [3.05, 3.63) is 129 Å². The molecule has 0 radical (unpaired) electrons. The summed E-state index contributed by atoms with van der Waals surface area (Å²) in [5, 5.41) is 3.80. The molecule has 0 unspecified atom stereocenters. The predicted octanol–water partition coefficient (Wildman–Crippen LogP) is 7.61. The molecule has 0 aliphatic carbocycles. The fraction of sp³-hybridized carbons (Fsp3) is 0.297. The maximum Gasteiger partial charge on any atom is 0.264 e. The summed E-state index contributed by atoms with van der Waals surface area (Å²) in [6, 6.07) is 26.9. The zero-order valence-electron chi connectivity index (χ0n) is 27.1. The lowest BCUT2D eigenvalue weighted by Crippen LogP contribution is -2.54. The number of para-hydroxylation sites is 1. The van der Waals surface area contributed by atoms with E-state index in [1.165, 1.54) is 4.90 Å². The van der Waals surface area contributed by atoms with Gasteiger partial charge in [-0.05, 0) is 73.7 Å². The molecule has 0 aromatic heterocycles. The highest BCUT2D eigenvalue weighted by atomic mass is 35.5. The molecule has 0 saturated carbocycles. The fourth-order valence-electron chi connectivity index (χ4n) is 5.23. The monoisotopic (exact) mass is 693 g/mol. The van der Waals surface area contributed by atoms with Crippen LogP contribution in [0, 0.1) is 6.92 Å². The molecule has 0 aliphatic rings. The van der Waals surface area contributed by atoms with Crippen molar-refractivity contribution in [3.8, 4) is 0 Å². The van der Waals surface area contributed by atoms with Crippen LogP contribution in [-0.2, 0) is 39.0 Å². The maximum atomic E-state index is 14.7. The number of aryl methyl sites for hydroxylation is 2. The molecule has 2 amide bonds. The van der Waals surface area contributed by atoms with Gasteiger partial charge in [0.25, 0.3) is 10.0 Å². The first-order valence-electron chi connectivity index (χ1n) is 15.7. The molecule has 7 nitrogen and oxygen atoms in total. The number of carbonyl (C=O) groups is 2. The highest BCUT2D eigenvalue weighted by Crippen LogP contribution is 2.29. The topological polar surface area (TPSA) is 86.8 Å². The summed E-state index contributed by atoms with van der Waals surface area (Å²) in [5.74, 6) is -0.901. The Kier molecular flexibility index (Phi) is 12.5.